The number of halogens is 1. The molecule has 0 amide bonds. The average molecular weight is 288 g/mol. The van der Waals surface area contributed by atoms with Crippen LogP contribution in [0.5, 0.6) is 11.9 Å². The van der Waals surface area contributed by atoms with E-state index in [9.17, 15) is 0 Å². The Labute approximate surface area is 117 Å². The first-order chi connectivity index (χ1) is 9.00. The van der Waals surface area contributed by atoms with Crippen LogP contribution in [0.1, 0.15) is 13.8 Å². The minimum Gasteiger partial charge on any atom is -0.474 e. The van der Waals surface area contributed by atoms with E-state index in [1.807, 2.05) is 13.8 Å². The molecule has 1 aromatic rings. The molecule has 1 aliphatic rings. The monoisotopic (exact) mass is 287 g/mol. The molecule has 1 fully saturated rings. The molecule has 19 heavy (non-hydrogen) atoms. The third-order valence-corrected chi connectivity index (χ3v) is 2.95. The fraction of sp³-hybridized carbons (Fsp3) is 0.667. The molecule has 2 heterocycles. The number of ether oxygens (including phenoxy) is 3. The molecular weight excluding hydrogens is 270 g/mol. The zero-order valence-corrected chi connectivity index (χ0v) is 12.0. The molecule has 2 rings (SSSR count). The summed E-state index contributed by atoms with van der Waals surface area (Å²) < 4.78 is 16.4. The summed E-state index contributed by atoms with van der Waals surface area (Å²) in [6.07, 6.45) is 1.41. The Hall–Kier alpha value is -1.11. The van der Waals surface area contributed by atoms with Crippen LogP contribution in [0, 0.1) is 0 Å². The minimum absolute atomic E-state index is 0.0409. The van der Waals surface area contributed by atoms with Gasteiger partial charge in [0.05, 0.1) is 18.9 Å². The van der Waals surface area contributed by atoms with Gasteiger partial charge in [0.1, 0.15) is 17.7 Å². The maximum atomic E-state index is 5.96. The number of hydrogen-bond donors (Lipinski definition) is 1. The van der Waals surface area contributed by atoms with E-state index in [4.69, 9.17) is 25.8 Å². The summed E-state index contributed by atoms with van der Waals surface area (Å²) >= 11 is 5.96. The van der Waals surface area contributed by atoms with E-state index in [-0.39, 0.29) is 17.7 Å². The van der Waals surface area contributed by atoms with Crippen molar-refractivity contribution in [3.63, 3.8) is 0 Å². The Bertz CT molecular complexity index is 442. The number of methoxy groups -OCH3 is 1. The normalized spacial score (nSPS) is 22.0. The summed E-state index contributed by atoms with van der Waals surface area (Å²) in [6.45, 7) is 6.00. The van der Waals surface area contributed by atoms with Crippen molar-refractivity contribution in [2.45, 2.75) is 25.6 Å². The first-order valence-electron chi connectivity index (χ1n) is 6.08. The van der Waals surface area contributed by atoms with E-state index >= 15 is 0 Å². The molecule has 106 valence electrons. The SMILES string of the molecule is COc1ncc(Cl)c(OCC2CNCC(C)(C)O2)n1. The Morgan fingerprint density at radius 1 is 1.58 bits per heavy atom. The van der Waals surface area contributed by atoms with Gasteiger partial charge in [-0.2, -0.15) is 4.98 Å². The highest BCUT2D eigenvalue weighted by Gasteiger charge is 2.28. The highest BCUT2D eigenvalue weighted by Crippen LogP contribution is 2.23. The van der Waals surface area contributed by atoms with Crippen molar-refractivity contribution < 1.29 is 14.2 Å². The predicted molar refractivity (Wildman–Crippen MR) is 70.9 cm³/mol. The van der Waals surface area contributed by atoms with Crippen LogP contribution < -0.4 is 14.8 Å². The maximum Gasteiger partial charge on any atom is 0.319 e. The highest BCUT2D eigenvalue weighted by molar-refractivity contribution is 6.31. The summed E-state index contributed by atoms with van der Waals surface area (Å²) in [7, 11) is 1.49. The maximum absolute atomic E-state index is 5.96. The molecule has 0 saturated carbocycles. The number of rotatable bonds is 4. The summed E-state index contributed by atoms with van der Waals surface area (Å²) in [5.41, 5.74) is -0.195. The summed E-state index contributed by atoms with van der Waals surface area (Å²) in [5, 5.41) is 3.65. The number of morpholine rings is 1. The van der Waals surface area contributed by atoms with Crippen LogP contribution in [0.4, 0.5) is 0 Å². The van der Waals surface area contributed by atoms with Crippen LogP contribution in [0.25, 0.3) is 0 Å². The Morgan fingerprint density at radius 2 is 2.37 bits per heavy atom. The first kappa shape index (κ1) is 14.3. The van der Waals surface area contributed by atoms with Crippen LogP contribution in [-0.4, -0.2) is 48.5 Å². The van der Waals surface area contributed by atoms with Crippen LogP contribution in [0.15, 0.2) is 6.20 Å². The molecule has 1 N–H and O–H groups in total. The molecule has 1 saturated heterocycles. The molecule has 0 aliphatic carbocycles. The third-order valence-electron chi connectivity index (χ3n) is 2.69. The Morgan fingerprint density at radius 3 is 3.05 bits per heavy atom. The van der Waals surface area contributed by atoms with E-state index in [0.717, 1.165) is 13.1 Å². The Balaban J connectivity index is 1.95. The zero-order chi connectivity index (χ0) is 13.9. The lowest BCUT2D eigenvalue weighted by Gasteiger charge is -2.36. The number of nitrogens with one attached hydrogen (secondary N) is 1. The van der Waals surface area contributed by atoms with Crippen molar-refractivity contribution in [2.75, 3.05) is 26.8 Å². The summed E-state index contributed by atoms with van der Waals surface area (Å²) in [6, 6.07) is 0.224. The van der Waals surface area contributed by atoms with Crippen molar-refractivity contribution in [3.05, 3.63) is 11.2 Å². The van der Waals surface area contributed by atoms with Gasteiger partial charge in [-0.1, -0.05) is 11.6 Å². The molecular formula is C12H18ClN3O3. The van der Waals surface area contributed by atoms with Crippen LogP contribution in [0.3, 0.4) is 0 Å². The second-order valence-electron chi connectivity index (χ2n) is 4.95. The number of nitrogens with zero attached hydrogens (tertiary/aromatic N) is 2. The van der Waals surface area contributed by atoms with Crippen molar-refractivity contribution >= 4 is 11.6 Å². The fourth-order valence-electron chi connectivity index (χ4n) is 1.87. The lowest BCUT2D eigenvalue weighted by Crippen LogP contribution is -2.52. The van der Waals surface area contributed by atoms with Gasteiger partial charge in [0, 0.05) is 13.1 Å². The highest BCUT2D eigenvalue weighted by atomic mass is 35.5. The number of aromatic nitrogens is 2. The van der Waals surface area contributed by atoms with Gasteiger partial charge < -0.3 is 19.5 Å². The van der Waals surface area contributed by atoms with E-state index in [2.05, 4.69) is 15.3 Å². The fourth-order valence-corrected chi connectivity index (χ4v) is 2.01. The molecule has 0 aromatic carbocycles. The lowest BCUT2D eigenvalue weighted by atomic mass is 10.1. The first-order valence-corrected chi connectivity index (χ1v) is 6.46. The second kappa shape index (κ2) is 5.90. The molecule has 6 nitrogen and oxygen atoms in total. The van der Waals surface area contributed by atoms with E-state index in [0.29, 0.717) is 17.5 Å². The van der Waals surface area contributed by atoms with Crippen LogP contribution >= 0.6 is 11.6 Å². The van der Waals surface area contributed by atoms with Gasteiger partial charge >= 0.3 is 6.01 Å². The molecule has 0 radical (unpaired) electrons. The molecule has 1 atom stereocenters. The van der Waals surface area contributed by atoms with Crippen molar-refractivity contribution in [1.82, 2.24) is 15.3 Å². The summed E-state index contributed by atoms with van der Waals surface area (Å²) in [4.78, 5) is 7.93. The molecule has 1 aliphatic heterocycles. The van der Waals surface area contributed by atoms with Gasteiger partial charge in [0.15, 0.2) is 0 Å². The Kier molecular flexibility index (Phi) is 4.44. The molecule has 0 bridgehead atoms. The van der Waals surface area contributed by atoms with E-state index in [1.54, 1.807) is 0 Å². The molecule has 0 spiro atoms. The summed E-state index contributed by atoms with van der Waals surface area (Å²) in [5.74, 6) is 0.306. The molecule has 1 aromatic heterocycles. The van der Waals surface area contributed by atoms with Crippen LogP contribution in [-0.2, 0) is 4.74 Å². The van der Waals surface area contributed by atoms with E-state index in [1.165, 1.54) is 13.3 Å². The van der Waals surface area contributed by atoms with Gasteiger partial charge in [-0.15, -0.1) is 0 Å². The third kappa shape index (κ3) is 3.92. The standard InChI is InChI=1S/C12H18ClN3O3/c1-12(2)7-14-4-8(19-12)6-18-10-9(13)5-15-11(16-10)17-3/h5,8,14H,4,6-7H2,1-3H3. The van der Waals surface area contributed by atoms with Gasteiger partial charge in [0.25, 0.3) is 0 Å². The van der Waals surface area contributed by atoms with Crippen LogP contribution in [0.2, 0.25) is 5.02 Å². The predicted octanol–water partition coefficient (Wildman–Crippen LogP) is 1.28. The van der Waals surface area contributed by atoms with Gasteiger partial charge in [-0.05, 0) is 13.8 Å². The largest absolute Gasteiger partial charge is 0.474 e. The lowest BCUT2D eigenvalue weighted by molar-refractivity contribution is -0.107. The average Bonchev–Trinajstić information content (AvgIpc) is 2.37. The minimum atomic E-state index is -0.195. The van der Waals surface area contributed by atoms with Crippen molar-refractivity contribution in [3.8, 4) is 11.9 Å². The zero-order valence-electron chi connectivity index (χ0n) is 11.3. The van der Waals surface area contributed by atoms with Crippen molar-refractivity contribution in [1.29, 1.82) is 0 Å². The smallest absolute Gasteiger partial charge is 0.319 e. The molecule has 7 heteroatoms. The van der Waals surface area contributed by atoms with Gasteiger partial charge in [0.2, 0.25) is 5.88 Å². The van der Waals surface area contributed by atoms with Gasteiger partial charge in [-0.3, -0.25) is 0 Å². The topological polar surface area (TPSA) is 65.5 Å². The second-order valence-corrected chi connectivity index (χ2v) is 5.36. The number of hydrogen-bond acceptors (Lipinski definition) is 6. The quantitative estimate of drug-likeness (QED) is 0.900. The molecule has 1 unspecified atom stereocenters. The van der Waals surface area contributed by atoms with E-state index < -0.39 is 0 Å². The van der Waals surface area contributed by atoms with Crippen molar-refractivity contribution in [2.24, 2.45) is 0 Å². The van der Waals surface area contributed by atoms with Gasteiger partial charge in [-0.25, -0.2) is 4.98 Å².